The number of nitriles is 3. The van der Waals surface area contributed by atoms with Gasteiger partial charge in [0.15, 0.2) is 5.57 Å². The van der Waals surface area contributed by atoms with Gasteiger partial charge >= 0.3 is 6.09 Å². The molecule has 0 bridgehead atoms. The molecule has 2 N–H and O–H groups in total. The van der Waals surface area contributed by atoms with E-state index in [0.29, 0.717) is 18.8 Å². The molecule has 0 radical (unpaired) electrons. The van der Waals surface area contributed by atoms with E-state index < -0.39 is 5.60 Å². The van der Waals surface area contributed by atoms with Crippen LogP contribution in [-0.2, 0) is 4.74 Å². The lowest BCUT2D eigenvalue weighted by atomic mass is 10.0. The topological polar surface area (TPSA) is 125 Å². The van der Waals surface area contributed by atoms with Crippen LogP contribution in [0.4, 0.5) is 16.2 Å². The molecule has 1 aliphatic heterocycles. The number of likely N-dealkylation sites (tertiary alicyclic amines) is 1. The van der Waals surface area contributed by atoms with Crippen molar-refractivity contribution in [2.24, 2.45) is 0 Å². The van der Waals surface area contributed by atoms with Crippen molar-refractivity contribution in [3.63, 3.8) is 0 Å². The van der Waals surface area contributed by atoms with Gasteiger partial charge in [-0.3, -0.25) is 0 Å². The number of benzene rings is 1. The number of anilines is 2. The van der Waals surface area contributed by atoms with Gasteiger partial charge in [-0.05, 0) is 58.2 Å². The van der Waals surface area contributed by atoms with Crippen molar-refractivity contribution in [2.45, 2.75) is 52.2 Å². The Labute approximate surface area is 177 Å². The number of carbonyl (C=O) groups is 1. The molecule has 1 saturated heterocycles. The van der Waals surface area contributed by atoms with E-state index >= 15 is 0 Å². The van der Waals surface area contributed by atoms with Gasteiger partial charge < -0.3 is 20.3 Å². The minimum Gasteiger partial charge on any atom is -0.444 e. The van der Waals surface area contributed by atoms with E-state index in [-0.39, 0.29) is 23.4 Å². The number of allylic oxidation sites excluding steroid dienone is 2. The average molecular weight is 406 g/mol. The maximum absolute atomic E-state index is 12.2. The standard InChI is InChI=1S/C22H26N6O2/c1-15-5-6-18(27-20(14-25)16(12-23)13-24)19(11-15)26-17-7-9-28(10-8-17)21(29)30-22(2,3)4/h5-6,11,17,26-27H,7-10H2,1-4H3. The summed E-state index contributed by atoms with van der Waals surface area (Å²) in [6.45, 7) is 8.66. The van der Waals surface area contributed by atoms with Crippen molar-refractivity contribution in [1.82, 2.24) is 4.90 Å². The highest BCUT2D eigenvalue weighted by molar-refractivity contribution is 5.74. The molecule has 1 aromatic carbocycles. The van der Waals surface area contributed by atoms with Crippen LogP contribution in [0.2, 0.25) is 0 Å². The SMILES string of the molecule is Cc1ccc(NC(C#N)=C(C#N)C#N)c(NC2CCN(C(=O)OC(C)(C)C)CC2)c1. The molecule has 1 fully saturated rings. The highest BCUT2D eigenvalue weighted by atomic mass is 16.6. The number of nitrogens with one attached hydrogen (secondary N) is 2. The molecule has 2 rings (SSSR count). The van der Waals surface area contributed by atoms with E-state index in [1.165, 1.54) is 0 Å². The molecule has 1 aromatic rings. The lowest BCUT2D eigenvalue weighted by molar-refractivity contribution is 0.0210. The Kier molecular flexibility index (Phi) is 7.28. The van der Waals surface area contributed by atoms with Crippen LogP contribution in [0.3, 0.4) is 0 Å². The van der Waals surface area contributed by atoms with E-state index in [1.54, 1.807) is 23.1 Å². The van der Waals surface area contributed by atoms with Crippen LogP contribution in [0.5, 0.6) is 0 Å². The van der Waals surface area contributed by atoms with Crippen LogP contribution in [-0.4, -0.2) is 35.7 Å². The summed E-state index contributed by atoms with van der Waals surface area (Å²) >= 11 is 0. The van der Waals surface area contributed by atoms with Gasteiger partial charge in [0.25, 0.3) is 0 Å². The molecule has 0 atom stereocenters. The molecule has 1 amide bonds. The minimum absolute atomic E-state index is 0.0911. The van der Waals surface area contributed by atoms with Crippen LogP contribution >= 0.6 is 0 Å². The zero-order chi connectivity index (χ0) is 22.3. The summed E-state index contributed by atoms with van der Waals surface area (Å²) < 4.78 is 5.43. The normalized spacial score (nSPS) is 14.0. The molecule has 156 valence electrons. The molecule has 1 aliphatic rings. The number of aryl methyl sites for hydroxylation is 1. The predicted octanol–water partition coefficient (Wildman–Crippen LogP) is 4.04. The number of ether oxygens (including phenoxy) is 1. The minimum atomic E-state index is -0.522. The Hall–Kier alpha value is -3.70. The number of hydrogen-bond donors (Lipinski definition) is 2. The van der Waals surface area contributed by atoms with Crippen LogP contribution in [0.25, 0.3) is 0 Å². The van der Waals surface area contributed by atoms with Gasteiger partial charge in [0.05, 0.1) is 11.4 Å². The smallest absolute Gasteiger partial charge is 0.410 e. The summed E-state index contributed by atoms with van der Waals surface area (Å²) in [5, 5.41) is 33.7. The summed E-state index contributed by atoms with van der Waals surface area (Å²) in [6, 6.07) is 11.1. The Morgan fingerprint density at radius 1 is 1.10 bits per heavy atom. The summed E-state index contributed by atoms with van der Waals surface area (Å²) in [6.07, 6.45) is 1.19. The van der Waals surface area contributed by atoms with Gasteiger partial charge in [-0.25, -0.2) is 4.79 Å². The summed E-state index contributed by atoms with van der Waals surface area (Å²) in [7, 11) is 0. The third-order valence-electron chi connectivity index (χ3n) is 4.53. The van der Waals surface area contributed by atoms with Gasteiger partial charge in [0, 0.05) is 19.1 Å². The first-order chi connectivity index (χ1) is 14.2. The fourth-order valence-corrected chi connectivity index (χ4v) is 3.06. The number of carbonyl (C=O) groups excluding carboxylic acids is 1. The maximum atomic E-state index is 12.2. The Morgan fingerprint density at radius 2 is 1.73 bits per heavy atom. The van der Waals surface area contributed by atoms with Crippen molar-refractivity contribution >= 4 is 17.5 Å². The lowest BCUT2D eigenvalue weighted by Crippen LogP contribution is -2.44. The maximum Gasteiger partial charge on any atom is 0.410 e. The van der Waals surface area contributed by atoms with Gasteiger partial charge in [0.1, 0.15) is 29.5 Å². The summed E-state index contributed by atoms with van der Waals surface area (Å²) in [5.41, 5.74) is 1.52. The first kappa shape index (κ1) is 22.6. The number of piperidine rings is 1. The fraction of sp³-hybridized carbons (Fsp3) is 0.455. The Bertz CT molecular complexity index is 932. The van der Waals surface area contributed by atoms with Crippen LogP contribution < -0.4 is 10.6 Å². The van der Waals surface area contributed by atoms with Gasteiger partial charge in [-0.15, -0.1) is 0 Å². The first-order valence-electron chi connectivity index (χ1n) is 9.73. The second-order valence-electron chi connectivity index (χ2n) is 8.15. The number of amides is 1. The van der Waals surface area contributed by atoms with E-state index in [0.717, 1.165) is 24.1 Å². The Morgan fingerprint density at radius 3 is 2.27 bits per heavy atom. The fourth-order valence-electron chi connectivity index (χ4n) is 3.06. The monoisotopic (exact) mass is 406 g/mol. The largest absolute Gasteiger partial charge is 0.444 e. The van der Waals surface area contributed by atoms with Crippen LogP contribution in [0, 0.1) is 40.9 Å². The second kappa shape index (κ2) is 9.67. The predicted molar refractivity (Wildman–Crippen MR) is 113 cm³/mol. The van der Waals surface area contributed by atoms with Crippen LogP contribution in [0.15, 0.2) is 29.5 Å². The number of rotatable bonds is 4. The zero-order valence-electron chi connectivity index (χ0n) is 17.7. The average Bonchev–Trinajstić information content (AvgIpc) is 2.69. The van der Waals surface area contributed by atoms with E-state index in [4.69, 9.17) is 15.3 Å². The van der Waals surface area contributed by atoms with Gasteiger partial charge in [-0.2, -0.15) is 15.8 Å². The van der Waals surface area contributed by atoms with E-state index in [2.05, 4.69) is 10.6 Å². The third kappa shape index (κ3) is 6.15. The molecular weight excluding hydrogens is 380 g/mol. The third-order valence-corrected chi connectivity index (χ3v) is 4.53. The van der Waals surface area contributed by atoms with Crippen molar-refractivity contribution in [3.8, 4) is 18.2 Å². The van der Waals surface area contributed by atoms with E-state index in [9.17, 15) is 10.1 Å². The Balaban J connectivity index is 2.10. The molecule has 8 heteroatoms. The quantitative estimate of drug-likeness (QED) is 0.723. The molecule has 8 nitrogen and oxygen atoms in total. The van der Waals surface area contributed by atoms with Crippen molar-refractivity contribution in [1.29, 1.82) is 15.8 Å². The molecule has 0 aliphatic carbocycles. The van der Waals surface area contributed by atoms with Crippen molar-refractivity contribution in [3.05, 3.63) is 35.0 Å². The molecule has 30 heavy (non-hydrogen) atoms. The highest BCUT2D eigenvalue weighted by Gasteiger charge is 2.27. The molecular formula is C22H26N6O2. The summed E-state index contributed by atoms with van der Waals surface area (Å²) in [5.74, 6) is 0. The molecule has 0 unspecified atom stereocenters. The second-order valence-corrected chi connectivity index (χ2v) is 8.15. The zero-order valence-corrected chi connectivity index (χ0v) is 17.7. The number of hydrogen-bond acceptors (Lipinski definition) is 7. The first-order valence-corrected chi connectivity index (χ1v) is 9.73. The summed E-state index contributed by atoms with van der Waals surface area (Å²) in [4.78, 5) is 13.9. The van der Waals surface area contributed by atoms with Crippen molar-refractivity contribution < 1.29 is 9.53 Å². The molecule has 0 spiro atoms. The van der Waals surface area contributed by atoms with Crippen molar-refractivity contribution in [2.75, 3.05) is 23.7 Å². The lowest BCUT2D eigenvalue weighted by Gasteiger charge is -2.34. The highest BCUT2D eigenvalue weighted by Crippen LogP contribution is 2.28. The van der Waals surface area contributed by atoms with Crippen LogP contribution in [0.1, 0.15) is 39.2 Å². The van der Waals surface area contributed by atoms with Gasteiger partial charge in [0.2, 0.25) is 0 Å². The molecule has 1 heterocycles. The molecule has 0 aromatic heterocycles. The van der Waals surface area contributed by atoms with E-state index in [1.807, 2.05) is 45.9 Å². The molecule has 0 saturated carbocycles. The van der Waals surface area contributed by atoms with Gasteiger partial charge in [-0.1, -0.05) is 6.07 Å². The number of nitrogens with zero attached hydrogens (tertiary/aromatic N) is 4.